The molecule has 0 saturated carbocycles. The third-order valence-electron chi connectivity index (χ3n) is 5.55. The molecule has 210 valence electrons. The third kappa shape index (κ3) is 7.62. The zero-order valence-electron chi connectivity index (χ0n) is 23.5. The first-order valence-corrected chi connectivity index (χ1v) is 13.0. The zero-order valence-corrected chi connectivity index (χ0v) is 23.5. The number of aromatic nitrogens is 2. The van der Waals surface area contributed by atoms with Gasteiger partial charge in [0.2, 0.25) is 5.91 Å². The van der Waals surface area contributed by atoms with Crippen molar-refractivity contribution in [1.29, 1.82) is 0 Å². The number of nitrogens with zero attached hydrogens (tertiary/aromatic N) is 3. The van der Waals surface area contributed by atoms with E-state index in [1.807, 2.05) is 41.5 Å². The topological polar surface area (TPSA) is 140 Å². The van der Waals surface area contributed by atoms with Gasteiger partial charge in [-0.2, -0.15) is 0 Å². The molecule has 1 aromatic carbocycles. The molecule has 1 heterocycles. The van der Waals surface area contributed by atoms with Crippen molar-refractivity contribution in [3.8, 4) is 11.5 Å². The minimum Gasteiger partial charge on any atom is -0.490 e. The van der Waals surface area contributed by atoms with E-state index in [4.69, 9.17) is 15.2 Å². The van der Waals surface area contributed by atoms with Crippen LogP contribution in [0.4, 0.5) is 11.5 Å². The summed E-state index contributed by atoms with van der Waals surface area (Å²) in [6, 6.07) is 4.88. The van der Waals surface area contributed by atoms with E-state index in [0.29, 0.717) is 30.3 Å². The van der Waals surface area contributed by atoms with Gasteiger partial charge in [-0.3, -0.25) is 23.9 Å². The summed E-state index contributed by atoms with van der Waals surface area (Å²) in [5.41, 5.74) is 5.11. The largest absolute Gasteiger partial charge is 0.490 e. The molecule has 0 atom stereocenters. The molecule has 2 rings (SSSR count). The van der Waals surface area contributed by atoms with Gasteiger partial charge in [-0.05, 0) is 43.4 Å². The maximum absolute atomic E-state index is 13.5. The first kappa shape index (κ1) is 30.5. The van der Waals surface area contributed by atoms with Crippen LogP contribution in [-0.4, -0.2) is 59.6 Å². The summed E-state index contributed by atoms with van der Waals surface area (Å²) in [5.74, 6) is 0.0464. The highest BCUT2D eigenvalue weighted by Crippen LogP contribution is 2.29. The maximum atomic E-state index is 13.5. The van der Waals surface area contributed by atoms with Crippen molar-refractivity contribution in [2.45, 2.75) is 54.5 Å². The summed E-state index contributed by atoms with van der Waals surface area (Å²) < 4.78 is 12.6. The fourth-order valence-electron chi connectivity index (χ4n) is 3.89. The predicted molar refractivity (Wildman–Crippen MR) is 148 cm³/mol. The molecule has 0 bridgehead atoms. The van der Waals surface area contributed by atoms with Crippen molar-refractivity contribution >= 4 is 23.3 Å². The fourth-order valence-corrected chi connectivity index (χ4v) is 3.89. The van der Waals surface area contributed by atoms with E-state index in [9.17, 15) is 19.2 Å². The lowest BCUT2D eigenvalue weighted by Crippen LogP contribution is -2.47. The molecule has 2 aromatic rings. The Morgan fingerprint density at radius 1 is 1.05 bits per heavy atom. The van der Waals surface area contributed by atoms with Crippen LogP contribution < -0.4 is 31.4 Å². The van der Waals surface area contributed by atoms with Crippen LogP contribution in [0.25, 0.3) is 0 Å². The van der Waals surface area contributed by atoms with E-state index >= 15 is 0 Å². The van der Waals surface area contributed by atoms with Crippen molar-refractivity contribution in [2.24, 2.45) is 11.8 Å². The molecule has 2 amide bonds. The lowest BCUT2D eigenvalue weighted by Gasteiger charge is -2.28. The van der Waals surface area contributed by atoms with Gasteiger partial charge < -0.3 is 25.0 Å². The Hall–Kier alpha value is -3.76. The van der Waals surface area contributed by atoms with Crippen molar-refractivity contribution in [1.82, 2.24) is 14.5 Å². The summed E-state index contributed by atoms with van der Waals surface area (Å²) in [6.07, 6.45) is 0.826. The van der Waals surface area contributed by atoms with Crippen LogP contribution in [0.5, 0.6) is 11.5 Å². The minimum atomic E-state index is -0.750. The number of ether oxygens (including phenoxy) is 2. The molecule has 0 aliphatic carbocycles. The van der Waals surface area contributed by atoms with Crippen LogP contribution >= 0.6 is 0 Å². The molecule has 3 N–H and O–H groups in total. The van der Waals surface area contributed by atoms with Crippen LogP contribution in [0, 0.1) is 11.8 Å². The molecule has 0 radical (unpaired) electrons. The zero-order chi connectivity index (χ0) is 28.6. The maximum Gasteiger partial charge on any atom is 0.330 e. The minimum absolute atomic E-state index is 0.0198. The van der Waals surface area contributed by atoms with E-state index in [-0.39, 0.29) is 43.0 Å². The van der Waals surface area contributed by atoms with E-state index in [0.717, 1.165) is 6.42 Å². The van der Waals surface area contributed by atoms with E-state index < -0.39 is 23.1 Å². The van der Waals surface area contributed by atoms with E-state index in [2.05, 4.69) is 4.98 Å². The van der Waals surface area contributed by atoms with Gasteiger partial charge >= 0.3 is 5.69 Å². The Morgan fingerprint density at radius 3 is 2.32 bits per heavy atom. The average molecular weight is 532 g/mol. The van der Waals surface area contributed by atoms with Crippen molar-refractivity contribution in [3.05, 3.63) is 44.6 Å². The number of nitrogens with one attached hydrogen (secondary N) is 1. The summed E-state index contributed by atoms with van der Waals surface area (Å²) >= 11 is 0. The summed E-state index contributed by atoms with van der Waals surface area (Å²) in [6.45, 7) is 12.5. The van der Waals surface area contributed by atoms with Gasteiger partial charge in [0.05, 0.1) is 13.2 Å². The van der Waals surface area contributed by atoms with Gasteiger partial charge in [0.25, 0.3) is 11.5 Å². The van der Waals surface area contributed by atoms with Crippen molar-refractivity contribution < 1.29 is 19.1 Å². The standard InChI is InChI=1S/C27H41N5O6/c1-8-12-38-20-11-10-19(13-21(20)37-9-2)26(35)30(7)16-22(33)31(14-17(3)4)23-24(28)32(15-18(5)6)27(36)29-25(23)34/h10-11,13,17-18H,8-9,12,14-16,28H2,1-7H3,(H,29,34,36). The first-order chi connectivity index (χ1) is 17.9. The predicted octanol–water partition coefficient (Wildman–Crippen LogP) is 2.72. The monoisotopic (exact) mass is 531 g/mol. The normalized spacial score (nSPS) is 11.1. The number of likely N-dealkylation sites (N-methyl/N-ethyl adjacent to an activating group) is 1. The third-order valence-corrected chi connectivity index (χ3v) is 5.55. The molecule has 1 aromatic heterocycles. The number of nitrogens with two attached hydrogens (primary N) is 1. The van der Waals surface area contributed by atoms with Gasteiger partial charge in [-0.1, -0.05) is 34.6 Å². The number of carbonyl (C=O) groups excluding carboxylic acids is 2. The molecule has 11 nitrogen and oxygen atoms in total. The second kappa shape index (κ2) is 13.7. The van der Waals surface area contributed by atoms with Crippen LogP contribution in [-0.2, 0) is 11.3 Å². The number of carbonyl (C=O) groups is 2. The molecule has 0 aliphatic rings. The number of hydrogen-bond donors (Lipinski definition) is 2. The summed E-state index contributed by atoms with van der Waals surface area (Å²) in [5, 5.41) is 0. The second-order valence-electron chi connectivity index (χ2n) is 10.00. The van der Waals surface area contributed by atoms with Gasteiger partial charge in [-0.25, -0.2) is 4.79 Å². The number of aromatic amines is 1. The summed E-state index contributed by atoms with van der Waals surface area (Å²) in [7, 11) is 1.50. The highest BCUT2D eigenvalue weighted by molar-refractivity contribution is 6.01. The second-order valence-corrected chi connectivity index (χ2v) is 10.00. The SMILES string of the molecule is CCCOc1ccc(C(=O)N(C)CC(=O)N(CC(C)C)c2c(N)n(CC(C)C)c(=O)[nH]c2=O)cc1OCC. The smallest absolute Gasteiger partial charge is 0.330 e. The number of rotatable bonds is 13. The van der Waals surface area contributed by atoms with Crippen LogP contribution in [0.3, 0.4) is 0 Å². The lowest BCUT2D eigenvalue weighted by atomic mass is 10.1. The molecule has 38 heavy (non-hydrogen) atoms. The Labute approximate surface area is 223 Å². The van der Waals surface area contributed by atoms with Gasteiger partial charge in [-0.15, -0.1) is 0 Å². The molecule has 0 aliphatic heterocycles. The molecular weight excluding hydrogens is 490 g/mol. The number of H-pyrrole nitrogens is 1. The van der Waals surface area contributed by atoms with Crippen molar-refractivity contribution in [3.63, 3.8) is 0 Å². The van der Waals surface area contributed by atoms with Crippen LogP contribution in [0.2, 0.25) is 0 Å². The van der Waals surface area contributed by atoms with E-state index in [1.165, 1.54) is 21.4 Å². The molecule has 11 heteroatoms. The Kier molecular flexibility index (Phi) is 11.0. The number of hydrogen-bond acceptors (Lipinski definition) is 7. The Bertz CT molecular complexity index is 1230. The molecular formula is C27H41N5O6. The number of nitrogen functional groups attached to an aromatic ring is 1. The van der Waals surface area contributed by atoms with Crippen LogP contribution in [0.1, 0.15) is 58.3 Å². The Morgan fingerprint density at radius 2 is 1.74 bits per heavy atom. The van der Waals surface area contributed by atoms with Gasteiger partial charge in [0, 0.05) is 25.7 Å². The molecule has 0 unspecified atom stereocenters. The first-order valence-electron chi connectivity index (χ1n) is 13.0. The summed E-state index contributed by atoms with van der Waals surface area (Å²) in [4.78, 5) is 56.7. The van der Waals surface area contributed by atoms with E-state index in [1.54, 1.807) is 18.2 Å². The molecule has 0 saturated heterocycles. The van der Waals surface area contributed by atoms with Crippen molar-refractivity contribution in [2.75, 3.05) is 44.0 Å². The highest BCUT2D eigenvalue weighted by atomic mass is 16.5. The lowest BCUT2D eigenvalue weighted by molar-refractivity contribution is -0.119. The molecule has 0 spiro atoms. The Balaban J connectivity index is 2.38. The number of anilines is 2. The average Bonchev–Trinajstić information content (AvgIpc) is 2.84. The quantitative estimate of drug-likeness (QED) is 0.405. The number of benzene rings is 1. The molecule has 0 fully saturated rings. The fraction of sp³-hybridized carbons (Fsp3) is 0.556. The highest BCUT2D eigenvalue weighted by Gasteiger charge is 2.27. The van der Waals surface area contributed by atoms with Crippen LogP contribution in [0.15, 0.2) is 27.8 Å². The van der Waals surface area contributed by atoms with Gasteiger partial charge in [0.15, 0.2) is 17.2 Å². The number of amides is 2. The van der Waals surface area contributed by atoms with Gasteiger partial charge in [0.1, 0.15) is 12.4 Å².